The van der Waals surface area contributed by atoms with Gasteiger partial charge in [-0.3, -0.25) is 0 Å². The fourth-order valence-electron chi connectivity index (χ4n) is 1.30. The second-order valence-corrected chi connectivity index (χ2v) is 9.28. The molecule has 4 nitrogen and oxygen atoms in total. The van der Waals surface area contributed by atoms with E-state index >= 15 is 0 Å². The summed E-state index contributed by atoms with van der Waals surface area (Å²) in [6, 6.07) is 0. The van der Waals surface area contributed by atoms with Crippen LogP contribution in [0.4, 0.5) is 0 Å². The number of esters is 1. The van der Waals surface area contributed by atoms with Crippen molar-refractivity contribution in [3.8, 4) is 0 Å². The number of aromatic nitrogens is 1. The van der Waals surface area contributed by atoms with Crippen molar-refractivity contribution in [2.75, 3.05) is 6.61 Å². The van der Waals surface area contributed by atoms with Crippen LogP contribution in [0.1, 0.15) is 48.1 Å². The number of nitrogens with zero attached hydrogens (tertiary/aromatic N) is 1. The summed E-state index contributed by atoms with van der Waals surface area (Å²) in [6.07, 6.45) is 1.64. The standard InChI is InChI=1S/C14H22NO3SSi/c1-7-11-15-10(9-18-20(6)14(3,4)5)12(19-11)13(16)17-8-2/h7H,1,8-9H2,2-6H3. The Hall–Kier alpha value is -0.983. The monoisotopic (exact) mass is 312 g/mol. The highest BCUT2D eigenvalue weighted by Gasteiger charge is 2.26. The number of thiazole rings is 1. The molecule has 0 amide bonds. The van der Waals surface area contributed by atoms with Gasteiger partial charge in [-0.2, -0.15) is 0 Å². The van der Waals surface area contributed by atoms with Crippen molar-refractivity contribution < 1.29 is 14.0 Å². The maximum Gasteiger partial charge on any atom is 0.350 e. The molecule has 6 heteroatoms. The quantitative estimate of drug-likeness (QED) is 0.590. The van der Waals surface area contributed by atoms with Crippen LogP contribution in [0.2, 0.25) is 11.6 Å². The van der Waals surface area contributed by atoms with Crippen LogP contribution in [-0.4, -0.2) is 26.6 Å². The number of ether oxygens (including phenoxy) is 1. The normalized spacial score (nSPS) is 11.7. The van der Waals surface area contributed by atoms with E-state index < -0.39 is 9.04 Å². The average molecular weight is 312 g/mol. The molecule has 0 aliphatic heterocycles. The van der Waals surface area contributed by atoms with Crippen molar-refractivity contribution in [3.05, 3.63) is 22.2 Å². The predicted octanol–water partition coefficient (Wildman–Crippen LogP) is 3.90. The largest absolute Gasteiger partial charge is 0.462 e. The maximum atomic E-state index is 11.9. The Bertz CT molecular complexity index is 479. The molecule has 0 bridgehead atoms. The van der Waals surface area contributed by atoms with Gasteiger partial charge in [-0.25, -0.2) is 9.78 Å². The number of carbonyl (C=O) groups is 1. The van der Waals surface area contributed by atoms with Gasteiger partial charge in [0.25, 0.3) is 0 Å². The highest BCUT2D eigenvalue weighted by Crippen LogP contribution is 2.29. The van der Waals surface area contributed by atoms with E-state index in [2.05, 4.69) is 38.9 Å². The maximum absolute atomic E-state index is 11.9. The Morgan fingerprint density at radius 1 is 1.50 bits per heavy atom. The number of hydrogen-bond donors (Lipinski definition) is 0. The molecule has 1 rings (SSSR count). The molecule has 0 spiro atoms. The highest BCUT2D eigenvalue weighted by atomic mass is 32.1. The first-order chi connectivity index (χ1) is 9.29. The van der Waals surface area contributed by atoms with Gasteiger partial charge < -0.3 is 9.16 Å². The number of hydrogen-bond acceptors (Lipinski definition) is 5. The zero-order valence-electron chi connectivity index (χ0n) is 12.8. The molecular weight excluding hydrogens is 290 g/mol. The van der Waals surface area contributed by atoms with Gasteiger partial charge in [0.1, 0.15) is 9.88 Å². The first kappa shape index (κ1) is 17.1. The Morgan fingerprint density at radius 2 is 2.15 bits per heavy atom. The van der Waals surface area contributed by atoms with E-state index in [1.807, 2.05) is 0 Å². The molecule has 1 radical (unpaired) electrons. The van der Waals surface area contributed by atoms with Gasteiger partial charge in [0, 0.05) is 0 Å². The third kappa shape index (κ3) is 4.54. The van der Waals surface area contributed by atoms with Gasteiger partial charge in [0.15, 0.2) is 0 Å². The molecule has 0 fully saturated rings. The Kier molecular flexibility index (Phi) is 6.10. The lowest BCUT2D eigenvalue weighted by molar-refractivity contribution is 0.0529. The van der Waals surface area contributed by atoms with E-state index in [0.29, 0.717) is 28.8 Å². The Labute approximate surface area is 126 Å². The molecule has 0 saturated carbocycles. The molecule has 0 aromatic carbocycles. The average Bonchev–Trinajstić information content (AvgIpc) is 2.78. The summed E-state index contributed by atoms with van der Waals surface area (Å²) in [5.74, 6) is -0.336. The van der Waals surface area contributed by atoms with Crippen LogP contribution in [0.15, 0.2) is 6.58 Å². The molecular formula is C14H22NO3SSi. The smallest absolute Gasteiger partial charge is 0.350 e. The summed E-state index contributed by atoms with van der Waals surface area (Å²) in [5.41, 5.74) is 0.650. The molecule has 0 N–H and O–H groups in total. The molecule has 1 aromatic heterocycles. The van der Waals surface area contributed by atoms with Crippen LogP contribution in [0.3, 0.4) is 0 Å². The van der Waals surface area contributed by atoms with Crippen LogP contribution in [-0.2, 0) is 15.8 Å². The van der Waals surface area contributed by atoms with Crippen LogP contribution < -0.4 is 0 Å². The predicted molar refractivity (Wildman–Crippen MR) is 84.3 cm³/mol. The van der Waals surface area contributed by atoms with E-state index in [1.54, 1.807) is 13.0 Å². The van der Waals surface area contributed by atoms with Crippen molar-refractivity contribution in [2.24, 2.45) is 0 Å². The molecule has 0 aliphatic carbocycles. The minimum absolute atomic E-state index is 0.145. The van der Waals surface area contributed by atoms with Crippen LogP contribution in [0, 0.1) is 0 Å². The van der Waals surface area contributed by atoms with E-state index in [9.17, 15) is 4.79 Å². The third-order valence-corrected chi connectivity index (χ3v) is 6.59. The lowest BCUT2D eigenvalue weighted by atomic mass is 10.3. The summed E-state index contributed by atoms with van der Waals surface area (Å²) in [7, 11) is -0.967. The Balaban J connectivity index is 2.85. The second kappa shape index (κ2) is 7.15. The van der Waals surface area contributed by atoms with Gasteiger partial charge in [-0.05, 0) is 24.6 Å². The molecule has 1 aromatic rings. The van der Waals surface area contributed by atoms with E-state index in [0.717, 1.165) is 0 Å². The van der Waals surface area contributed by atoms with Gasteiger partial charge >= 0.3 is 5.97 Å². The summed E-state index contributed by atoms with van der Waals surface area (Å²) in [5, 5.41) is 0.860. The van der Waals surface area contributed by atoms with Crippen molar-refractivity contribution in [2.45, 2.75) is 45.9 Å². The zero-order valence-corrected chi connectivity index (χ0v) is 14.6. The second-order valence-electron chi connectivity index (χ2n) is 5.35. The van der Waals surface area contributed by atoms with Crippen molar-refractivity contribution >= 4 is 32.4 Å². The summed E-state index contributed by atoms with van der Waals surface area (Å²) < 4.78 is 11.0. The number of rotatable bonds is 6. The van der Waals surface area contributed by atoms with E-state index in [-0.39, 0.29) is 11.0 Å². The first-order valence-electron chi connectivity index (χ1n) is 6.55. The summed E-state index contributed by atoms with van der Waals surface area (Å²) in [6.45, 7) is 14.8. The topological polar surface area (TPSA) is 48.4 Å². The molecule has 1 heterocycles. The van der Waals surface area contributed by atoms with Crippen LogP contribution in [0.5, 0.6) is 0 Å². The molecule has 0 aliphatic rings. The van der Waals surface area contributed by atoms with Gasteiger partial charge in [-0.15, -0.1) is 11.3 Å². The molecule has 111 valence electrons. The van der Waals surface area contributed by atoms with Gasteiger partial charge in [0.2, 0.25) is 9.04 Å². The van der Waals surface area contributed by atoms with Crippen molar-refractivity contribution in [1.29, 1.82) is 0 Å². The van der Waals surface area contributed by atoms with Gasteiger partial charge in [-0.1, -0.05) is 27.4 Å². The lowest BCUT2D eigenvalue weighted by Crippen LogP contribution is -2.25. The van der Waals surface area contributed by atoms with Crippen LogP contribution >= 0.6 is 11.3 Å². The van der Waals surface area contributed by atoms with E-state index in [4.69, 9.17) is 9.16 Å². The summed E-state index contributed by atoms with van der Waals surface area (Å²) >= 11 is 1.29. The van der Waals surface area contributed by atoms with Crippen molar-refractivity contribution in [1.82, 2.24) is 4.98 Å². The van der Waals surface area contributed by atoms with Crippen molar-refractivity contribution in [3.63, 3.8) is 0 Å². The molecule has 0 saturated heterocycles. The Morgan fingerprint density at radius 3 is 2.65 bits per heavy atom. The molecule has 0 unspecified atom stereocenters. The zero-order chi connectivity index (χ0) is 15.3. The minimum atomic E-state index is -0.967. The summed E-state index contributed by atoms with van der Waals surface area (Å²) in [4.78, 5) is 16.8. The van der Waals surface area contributed by atoms with Gasteiger partial charge in [0.05, 0.1) is 18.9 Å². The number of carbonyl (C=O) groups excluding carboxylic acids is 1. The SMILES string of the molecule is C=Cc1nc(CO[Si](C)C(C)(C)C)c(C(=O)OCC)s1. The first-order valence-corrected chi connectivity index (χ1v) is 9.28. The highest BCUT2D eigenvalue weighted by molar-refractivity contribution is 7.14. The minimum Gasteiger partial charge on any atom is -0.462 e. The fourth-order valence-corrected chi connectivity index (χ4v) is 2.90. The third-order valence-electron chi connectivity index (χ3n) is 2.83. The molecule has 0 atom stereocenters. The van der Waals surface area contributed by atoms with E-state index in [1.165, 1.54) is 11.3 Å². The lowest BCUT2D eigenvalue weighted by Gasteiger charge is -2.24. The van der Waals surface area contributed by atoms with Crippen LogP contribution in [0.25, 0.3) is 6.08 Å². The fraction of sp³-hybridized carbons (Fsp3) is 0.571. The molecule has 20 heavy (non-hydrogen) atoms.